The second-order valence-electron chi connectivity index (χ2n) is 10.2. The van der Waals surface area contributed by atoms with Crippen LogP contribution in [0, 0.1) is 16.7 Å². The van der Waals surface area contributed by atoms with Crippen molar-refractivity contribution >= 4 is 25.0 Å². The van der Waals surface area contributed by atoms with Crippen molar-refractivity contribution in [1.29, 1.82) is 0 Å². The molecule has 0 aromatic heterocycles. The number of rotatable bonds is 12. The molecule has 1 rings (SSSR count). The van der Waals surface area contributed by atoms with Crippen molar-refractivity contribution < 1.29 is 18.6 Å². The maximum absolute atomic E-state index is 11.9. The molecule has 0 aliphatic rings. The maximum atomic E-state index is 11.9. The number of hydrogen-bond donors (Lipinski definition) is 1. The first kappa shape index (κ1) is 27.3. The molecule has 0 saturated carbocycles. The van der Waals surface area contributed by atoms with E-state index in [0.717, 1.165) is 18.4 Å². The third-order valence-corrected chi connectivity index (χ3v) is 6.28. The normalized spacial score (nSPS) is 15.4. The highest BCUT2D eigenvalue weighted by molar-refractivity contribution is 7.80. The lowest BCUT2D eigenvalue weighted by atomic mass is 9.74. The van der Waals surface area contributed by atoms with Crippen LogP contribution in [0.1, 0.15) is 79.2 Å². The number of phosphoric acid groups is 1. The quantitative estimate of drug-likeness (QED) is 0.229. The molecule has 0 saturated heterocycles. The smallest absolute Gasteiger partial charge is 0.290 e. The van der Waals surface area contributed by atoms with Crippen molar-refractivity contribution in [3.05, 3.63) is 35.9 Å². The second-order valence-corrected chi connectivity index (χ2v) is 12.0. The molecule has 5 nitrogen and oxygen atoms in total. The Bertz CT molecular complexity index is 683. The van der Waals surface area contributed by atoms with Crippen molar-refractivity contribution in [3.8, 4) is 0 Å². The Morgan fingerprint density at radius 1 is 1.13 bits per heavy atom. The second kappa shape index (κ2) is 12.3. The zero-order valence-corrected chi connectivity index (χ0v) is 21.1. The summed E-state index contributed by atoms with van der Waals surface area (Å²) in [6.07, 6.45) is 5.45. The lowest BCUT2D eigenvalue weighted by Gasteiger charge is -2.32. The summed E-state index contributed by atoms with van der Waals surface area (Å²) in [6.45, 7) is 13.5. The first-order chi connectivity index (χ1) is 13.8. The fourth-order valence-electron chi connectivity index (χ4n) is 3.30. The van der Waals surface area contributed by atoms with E-state index in [-0.39, 0.29) is 12.0 Å². The van der Waals surface area contributed by atoms with Crippen LogP contribution in [0.2, 0.25) is 0 Å². The van der Waals surface area contributed by atoms with E-state index in [0.29, 0.717) is 29.2 Å². The van der Waals surface area contributed by atoms with Crippen molar-refractivity contribution in [2.75, 3.05) is 6.61 Å². The van der Waals surface area contributed by atoms with Crippen LogP contribution in [-0.2, 0) is 20.1 Å². The van der Waals surface area contributed by atoms with Crippen molar-refractivity contribution in [1.82, 2.24) is 5.48 Å². The molecule has 0 fully saturated rings. The van der Waals surface area contributed by atoms with Crippen LogP contribution in [0.5, 0.6) is 0 Å². The van der Waals surface area contributed by atoms with Crippen molar-refractivity contribution in [2.24, 2.45) is 16.7 Å². The topological polar surface area (TPSA) is 70.6 Å². The monoisotopic (exact) mass is 456 g/mol. The number of hydrogen-bond acceptors (Lipinski definition) is 5. The van der Waals surface area contributed by atoms with Gasteiger partial charge in [-0.1, -0.05) is 90.5 Å². The van der Waals surface area contributed by atoms with Gasteiger partial charge >= 0.3 is 0 Å². The number of benzene rings is 1. The Kier molecular flexibility index (Phi) is 11.2. The molecule has 1 aromatic carbocycles. The predicted octanol–water partition coefficient (Wildman–Crippen LogP) is 6.22. The van der Waals surface area contributed by atoms with Gasteiger partial charge in [-0.05, 0) is 48.0 Å². The van der Waals surface area contributed by atoms with Crippen LogP contribution in [0.3, 0.4) is 0 Å². The van der Waals surface area contributed by atoms with E-state index >= 15 is 0 Å². The first-order valence-electron chi connectivity index (χ1n) is 10.8. The Morgan fingerprint density at radius 2 is 1.77 bits per heavy atom. The minimum atomic E-state index is -4.45. The third kappa shape index (κ3) is 12.8. The molecule has 0 bridgehead atoms. The standard InChI is InChI=1S/C23H40NO4PS/c1-22(2,3)17-10-13-20(23(4,5)6)14-15-21(30)24-28-29(25,26)27-18-16-19-11-8-7-9-12-19/h7-9,11-12,20H,10,13-18H2,1-6H3,(H,24,30)(H,25,26)/p-1. The SMILES string of the molecule is CC(C)(C)CCCC(CCC(=S)NOP(=O)([O-])OCCc1ccccc1)C(C)(C)C. The zero-order chi connectivity index (χ0) is 22.8. The largest absolute Gasteiger partial charge is 0.755 e. The maximum Gasteiger partial charge on any atom is 0.290 e. The molecule has 2 unspecified atom stereocenters. The van der Waals surface area contributed by atoms with Gasteiger partial charge in [-0.2, -0.15) is 0 Å². The molecule has 1 N–H and O–H groups in total. The molecular weight excluding hydrogens is 417 g/mol. The lowest BCUT2D eigenvalue weighted by Crippen LogP contribution is -2.27. The fourth-order valence-corrected chi connectivity index (χ4v) is 4.11. The van der Waals surface area contributed by atoms with Crippen LogP contribution < -0.4 is 10.4 Å². The Balaban J connectivity index is 2.37. The highest BCUT2D eigenvalue weighted by atomic mass is 32.1. The minimum absolute atomic E-state index is 0.0269. The van der Waals surface area contributed by atoms with Gasteiger partial charge < -0.3 is 9.42 Å². The number of thiocarbonyl (C=S) groups is 1. The average molecular weight is 457 g/mol. The Hall–Kier alpha value is -0.780. The molecule has 0 aliphatic heterocycles. The third-order valence-electron chi connectivity index (χ3n) is 5.18. The van der Waals surface area contributed by atoms with Gasteiger partial charge in [0.15, 0.2) is 0 Å². The van der Waals surface area contributed by atoms with Crippen molar-refractivity contribution in [2.45, 2.75) is 80.1 Å². The molecular formula is C23H39NO4PS-. The number of phosphoric ester groups is 1. The first-order valence-corrected chi connectivity index (χ1v) is 12.6. The van der Waals surface area contributed by atoms with E-state index in [1.807, 2.05) is 30.3 Å². The summed E-state index contributed by atoms with van der Waals surface area (Å²) in [6, 6.07) is 9.54. The Morgan fingerprint density at radius 3 is 2.33 bits per heavy atom. The van der Waals surface area contributed by atoms with Gasteiger partial charge in [0.1, 0.15) is 4.99 Å². The van der Waals surface area contributed by atoms with E-state index in [4.69, 9.17) is 21.4 Å². The summed E-state index contributed by atoms with van der Waals surface area (Å²) >= 11 is 5.27. The van der Waals surface area contributed by atoms with Gasteiger partial charge in [0, 0.05) is 6.42 Å². The minimum Gasteiger partial charge on any atom is -0.755 e. The molecule has 1 aromatic rings. The summed E-state index contributed by atoms with van der Waals surface area (Å²) in [5.74, 6) is 0.501. The molecule has 0 heterocycles. The van der Waals surface area contributed by atoms with E-state index in [1.54, 1.807) is 0 Å². The lowest BCUT2D eigenvalue weighted by molar-refractivity contribution is -0.228. The summed E-state index contributed by atoms with van der Waals surface area (Å²) in [4.78, 5) is 12.3. The molecule has 0 spiro atoms. The van der Waals surface area contributed by atoms with Gasteiger partial charge in [-0.15, -0.1) is 0 Å². The fraction of sp³-hybridized carbons (Fsp3) is 0.696. The molecule has 0 aliphatic carbocycles. The predicted molar refractivity (Wildman–Crippen MR) is 126 cm³/mol. The summed E-state index contributed by atoms with van der Waals surface area (Å²) in [5.41, 5.74) is 3.90. The van der Waals surface area contributed by atoms with E-state index in [9.17, 15) is 9.46 Å². The summed E-state index contributed by atoms with van der Waals surface area (Å²) in [7, 11) is -4.45. The molecule has 7 heteroatoms. The Labute approximate surface area is 188 Å². The number of hydroxylamine groups is 1. The summed E-state index contributed by atoms with van der Waals surface area (Å²) in [5, 5.41) is 0. The highest BCUT2D eigenvalue weighted by Gasteiger charge is 2.25. The van der Waals surface area contributed by atoms with E-state index < -0.39 is 7.82 Å². The van der Waals surface area contributed by atoms with Crippen LogP contribution in [-0.4, -0.2) is 11.6 Å². The van der Waals surface area contributed by atoms with Crippen LogP contribution in [0.4, 0.5) is 0 Å². The van der Waals surface area contributed by atoms with Crippen LogP contribution in [0.25, 0.3) is 0 Å². The van der Waals surface area contributed by atoms with Gasteiger partial charge in [-0.25, -0.2) is 4.62 Å². The van der Waals surface area contributed by atoms with Gasteiger partial charge in [-0.3, -0.25) is 10.0 Å². The molecule has 0 amide bonds. The molecule has 30 heavy (non-hydrogen) atoms. The molecule has 0 radical (unpaired) electrons. The zero-order valence-electron chi connectivity index (χ0n) is 19.4. The van der Waals surface area contributed by atoms with Gasteiger partial charge in [0.05, 0.1) is 6.61 Å². The highest BCUT2D eigenvalue weighted by Crippen LogP contribution is 2.38. The van der Waals surface area contributed by atoms with Gasteiger partial charge in [0.2, 0.25) is 0 Å². The number of nitrogens with one attached hydrogen (secondary N) is 1. The average Bonchev–Trinajstić information content (AvgIpc) is 2.61. The summed E-state index contributed by atoms with van der Waals surface area (Å²) < 4.78 is 21.6. The molecule has 2 atom stereocenters. The van der Waals surface area contributed by atoms with Crippen LogP contribution in [0.15, 0.2) is 30.3 Å². The van der Waals surface area contributed by atoms with Crippen molar-refractivity contribution in [3.63, 3.8) is 0 Å². The van der Waals surface area contributed by atoms with E-state index in [1.165, 1.54) is 12.8 Å². The molecule has 172 valence electrons. The van der Waals surface area contributed by atoms with E-state index in [2.05, 4.69) is 47.0 Å². The van der Waals surface area contributed by atoms with Crippen LogP contribution >= 0.6 is 20.0 Å². The van der Waals surface area contributed by atoms with Gasteiger partial charge in [0.25, 0.3) is 7.82 Å².